The van der Waals surface area contributed by atoms with Gasteiger partial charge in [-0.15, -0.1) is 15.3 Å². The largest absolute Gasteiger partial charge is 0.472 e. The number of carbonyl (C=O) groups excluding carboxylic acids is 2. The quantitative estimate of drug-likeness (QED) is 0.362. The second-order valence-corrected chi connectivity index (χ2v) is 14.1. The van der Waals surface area contributed by atoms with Crippen molar-refractivity contribution in [3.8, 4) is 17.7 Å². The molecule has 1 N–H and O–H groups in total. The molecule has 2 aliphatic rings. The number of fused-ring (bicyclic) bond motifs is 1. The van der Waals surface area contributed by atoms with Crippen LogP contribution < -0.4 is 10.1 Å². The Balaban J connectivity index is 1.18. The number of rotatable bonds is 4. The van der Waals surface area contributed by atoms with Gasteiger partial charge >= 0.3 is 12.3 Å². The van der Waals surface area contributed by atoms with E-state index >= 15 is 0 Å². The van der Waals surface area contributed by atoms with Crippen LogP contribution in [0.4, 0.5) is 18.0 Å². The molecule has 1 aliphatic heterocycles. The van der Waals surface area contributed by atoms with E-state index in [1.807, 2.05) is 60.6 Å². The summed E-state index contributed by atoms with van der Waals surface area (Å²) in [6.07, 6.45) is -3.94. The monoisotopic (exact) mass is 640 g/mol. The predicted molar refractivity (Wildman–Crippen MR) is 163 cm³/mol. The molecule has 46 heavy (non-hydrogen) atoms. The third-order valence-corrected chi connectivity index (χ3v) is 8.56. The fourth-order valence-corrected chi connectivity index (χ4v) is 6.57. The summed E-state index contributed by atoms with van der Waals surface area (Å²) in [5, 5.41) is 13.8. The number of hydrogen-bond acceptors (Lipinski definition) is 7. The van der Waals surface area contributed by atoms with Crippen molar-refractivity contribution in [2.24, 2.45) is 16.7 Å². The van der Waals surface area contributed by atoms with Crippen molar-refractivity contribution in [1.82, 2.24) is 30.0 Å². The van der Waals surface area contributed by atoms with Gasteiger partial charge in [-0.05, 0) is 63.9 Å². The maximum Gasteiger partial charge on any atom is 0.453 e. The van der Waals surface area contributed by atoms with Gasteiger partial charge < -0.3 is 19.7 Å². The molecule has 1 saturated carbocycles. The van der Waals surface area contributed by atoms with E-state index in [9.17, 15) is 22.8 Å². The maximum atomic E-state index is 13.3. The van der Waals surface area contributed by atoms with Gasteiger partial charge in [-0.3, -0.25) is 4.79 Å². The van der Waals surface area contributed by atoms with Gasteiger partial charge in [0.15, 0.2) is 5.65 Å². The van der Waals surface area contributed by atoms with Gasteiger partial charge in [-0.1, -0.05) is 39.5 Å². The minimum atomic E-state index is -4.72. The molecule has 1 aromatic carbocycles. The molecule has 10 nitrogen and oxygen atoms in total. The van der Waals surface area contributed by atoms with Crippen molar-refractivity contribution in [3.05, 3.63) is 53.3 Å². The van der Waals surface area contributed by atoms with Gasteiger partial charge in [0.2, 0.25) is 5.88 Å². The summed E-state index contributed by atoms with van der Waals surface area (Å²) in [6, 6.07) is 9.60. The molecule has 246 valence electrons. The molecule has 2 aromatic heterocycles. The molecule has 13 heteroatoms. The van der Waals surface area contributed by atoms with Gasteiger partial charge in [-0.2, -0.15) is 17.7 Å². The second-order valence-electron chi connectivity index (χ2n) is 14.1. The van der Waals surface area contributed by atoms with Gasteiger partial charge in [0.1, 0.15) is 11.7 Å². The Labute approximate surface area is 266 Å². The molecular weight excluding hydrogens is 601 g/mol. The highest BCUT2D eigenvalue weighted by Gasteiger charge is 2.64. The van der Waals surface area contributed by atoms with Gasteiger partial charge in [0, 0.05) is 53.1 Å². The Morgan fingerprint density at radius 1 is 0.957 bits per heavy atom. The van der Waals surface area contributed by atoms with Gasteiger partial charge in [0.25, 0.3) is 11.7 Å². The number of amides is 2. The smallest absolute Gasteiger partial charge is 0.453 e. The van der Waals surface area contributed by atoms with Crippen LogP contribution in [0.1, 0.15) is 83.1 Å². The molecule has 3 aromatic rings. The summed E-state index contributed by atoms with van der Waals surface area (Å²) in [7, 11) is 0. The number of aromatic nitrogens is 4. The number of likely N-dealkylation sites (tertiary alicyclic amines) is 1. The molecule has 1 saturated heterocycles. The molecule has 0 unspecified atom stereocenters. The zero-order valence-electron chi connectivity index (χ0n) is 27.0. The molecule has 0 spiro atoms. The first-order valence-corrected chi connectivity index (χ1v) is 15.2. The Kier molecular flexibility index (Phi) is 8.47. The first-order chi connectivity index (χ1) is 21.4. The topological polar surface area (TPSA) is 111 Å². The number of carbonyl (C=O) groups is 2. The summed E-state index contributed by atoms with van der Waals surface area (Å²) in [5.74, 6) is 5.17. The highest BCUT2D eigenvalue weighted by atomic mass is 19.4. The average Bonchev–Trinajstić information content (AvgIpc) is 3.41. The number of nitrogens with zero attached hydrogens (tertiary/aromatic N) is 5. The number of alkyl halides is 3. The van der Waals surface area contributed by atoms with Crippen LogP contribution in [0.3, 0.4) is 0 Å². The Hall–Kier alpha value is -4.34. The standard InChI is InChI=1S/C33H39F3N6O4/c1-30(2,3)46-29(44)41-18-16-21(17-19-41)9-8-20-10-12-22(13-11-20)25(43)37-26-31(4,5)27(32(26,6)7)45-24-15-14-23-38-39-28(33(34,35)36)42(23)40-24/h10-15,21,26-27H,16-19H2,1-7H3,(H,37,43). The number of nitrogens with one attached hydrogen (secondary N) is 1. The summed E-state index contributed by atoms with van der Waals surface area (Å²) in [4.78, 5) is 27.3. The fraction of sp³-hybridized carbons (Fsp3) is 0.545. The molecular formula is C33H39F3N6O4. The zero-order chi connectivity index (χ0) is 33.7. The van der Waals surface area contributed by atoms with Crippen LogP contribution in [0.15, 0.2) is 36.4 Å². The van der Waals surface area contributed by atoms with Crippen LogP contribution in [0.25, 0.3) is 5.65 Å². The summed E-state index contributed by atoms with van der Waals surface area (Å²) >= 11 is 0. The summed E-state index contributed by atoms with van der Waals surface area (Å²) < 4.78 is 52.2. The molecule has 5 rings (SSSR count). The van der Waals surface area contributed by atoms with Gasteiger partial charge in [-0.25, -0.2) is 4.79 Å². The fourth-order valence-electron chi connectivity index (χ4n) is 6.57. The molecule has 1 aliphatic carbocycles. The maximum absolute atomic E-state index is 13.3. The molecule has 3 heterocycles. The van der Waals surface area contributed by atoms with E-state index in [-0.39, 0.29) is 35.5 Å². The van der Waals surface area contributed by atoms with Crippen LogP contribution in [-0.4, -0.2) is 67.5 Å². The SMILES string of the molecule is CC(C)(C)OC(=O)N1CCC(C#Cc2ccc(C(=O)NC3C(C)(C)C(Oc4ccc5nnc(C(F)(F)F)n5n4)C3(C)C)cc2)CC1. The van der Waals surface area contributed by atoms with E-state index in [2.05, 4.69) is 32.5 Å². The first kappa shape index (κ1) is 33.0. The Morgan fingerprint density at radius 2 is 1.59 bits per heavy atom. The lowest BCUT2D eigenvalue weighted by Crippen LogP contribution is -2.74. The lowest BCUT2D eigenvalue weighted by Gasteiger charge is -2.62. The number of halogens is 3. The van der Waals surface area contributed by atoms with Crippen LogP contribution in [-0.2, 0) is 10.9 Å². The molecule has 0 radical (unpaired) electrons. The van der Waals surface area contributed by atoms with E-state index in [1.165, 1.54) is 12.1 Å². The van der Waals surface area contributed by atoms with E-state index in [4.69, 9.17) is 9.47 Å². The number of hydrogen-bond donors (Lipinski definition) is 1. The Bertz CT molecular complexity index is 1660. The number of piperidine rings is 1. The molecule has 0 bridgehead atoms. The van der Waals surface area contributed by atoms with Crippen LogP contribution >= 0.6 is 0 Å². The van der Waals surface area contributed by atoms with Crippen molar-refractivity contribution in [2.75, 3.05) is 13.1 Å². The van der Waals surface area contributed by atoms with Crippen molar-refractivity contribution in [1.29, 1.82) is 0 Å². The third-order valence-electron chi connectivity index (χ3n) is 8.56. The second kappa shape index (κ2) is 11.8. The Morgan fingerprint density at radius 3 is 2.17 bits per heavy atom. The highest BCUT2D eigenvalue weighted by Crippen LogP contribution is 2.55. The summed E-state index contributed by atoms with van der Waals surface area (Å²) in [6.45, 7) is 14.5. The molecule has 0 atom stereocenters. The summed E-state index contributed by atoms with van der Waals surface area (Å²) in [5.41, 5.74) is -0.446. The van der Waals surface area contributed by atoms with Crippen LogP contribution in [0.5, 0.6) is 5.88 Å². The predicted octanol–water partition coefficient (Wildman–Crippen LogP) is 5.75. The van der Waals surface area contributed by atoms with Crippen LogP contribution in [0, 0.1) is 28.6 Å². The van der Waals surface area contributed by atoms with E-state index in [0.717, 1.165) is 18.4 Å². The van der Waals surface area contributed by atoms with Crippen molar-refractivity contribution in [2.45, 2.75) is 85.2 Å². The lowest BCUT2D eigenvalue weighted by atomic mass is 9.49. The van der Waals surface area contributed by atoms with E-state index in [1.54, 1.807) is 17.0 Å². The molecule has 2 amide bonds. The number of benzene rings is 1. The minimum Gasteiger partial charge on any atom is -0.472 e. The highest BCUT2D eigenvalue weighted by molar-refractivity contribution is 5.94. The normalized spacial score (nSPS) is 21.1. The van der Waals surface area contributed by atoms with Crippen molar-refractivity contribution < 1.29 is 32.2 Å². The van der Waals surface area contributed by atoms with E-state index < -0.39 is 34.5 Å². The zero-order valence-corrected chi connectivity index (χ0v) is 27.0. The van der Waals surface area contributed by atoms with Crippen molar-refractivity contribution >= 4 is 17.6 Å². The lowest BCUT2D eigenvalue weighted by molar-refractivity contribution is -0.166. The minimum absolute atomic E-state index is 0.000909. The van der Waals surface area contributed by atoms with Crippen LogP contribution in [0.2, 0.25) is 0 Å². The first-order valence-electron chi connectivity index (χ1n) is 15.2. The molecule has 2 fully saturated rings. The number of ether oxygens (including phenoxy) is 2. The third kappa shape index (κ3) is 6.76. The van der Waals surface area contributed by atoms with Crippen molar-refractivity contribution in [3.63, 3.8) is 0 Å². The van der Waals surface area contributed by atoms with Gasteiger partial charge in [0.05, 0.1) is 0 Å². The van der Waals surface area contributed by atoms with E-state index in [0.29, 0.717) is 23.2 Å². The average molecular weight is 641 g/mol.